The molecule has 33 heavy (non-hydrogen) atoms. The van der Waals surface area contributed by atoms with Crippen molar-refractivity contribution in [2.75, 3.05) is 32.8 Å². The molecular weight excluding hydrogens is 423 g/mol. The molecule has 1 N–H and O–H groups in total. The maximum atomic E-state index is 13.3. The minimum Gasteiger partial charge on any atom is -0.486 e. The zero-order valence-electron chi connectivity index (χ0n) is 18.6. The van der Waals surface area contributed by atoms with Crippen LogP contribution in [0, 0.1) is 11.2 Å². The number of amides is 1. The Bertz CT molecular complexity index is 1030. The van der Waals surface area contributed by atoms with E-state index in [1.807, 2.05) is 18.2 Å². The molecule has 0 aromatic heterocycles. The van der Waals surface area contributed by atoms with E-state index in [0.717, 1.165) is 49.5 Å². The van der Waals surface area contributed by atoms with Crippen molar-refractivity contribution in [3.8, 4) is 11.5 Å². The number of nitrogens with one attached hydrogen (secondary N) is 1. The van der Waals surface area contributed by atoms with Gasteiger partial charge in [0.05, 0.1) is 0 Å². The summed E-state index contributed by atoms with van der Waals surface area (Å²) in [5.41, 5.74) is 0.402. The van der Waals surface area contributed by atoms with Gasteiger partial charge in [0.2, 0.25) is 5.91 Å². The summed E-state index contributed by atoms with van der Waals surface area (Å²) in [6.07, 6.45) is 4.01. The van der Waals surface area contributed by atoms with E-state index in [0.29, 0.717) is 38.0 Å². The van der Waals surface area contributed by atoms with Crippen molar-refractivity contribution in [1.82, 2.24) is 10.2 Å². The summed E-state index contributed by atoms with van der Waals surface area (Å²) in [6.45, 7) is 3.85. The second-order valence-corrected chi connectivity index (χ2v) is 9.28. The van der Waals surface area contributed by atoms with Crippen LogP contribution in [0.1, 0.15) is 41.6 Å². The lowest BCUT2D eigenvalue weighted by Gasteiger charge is -2.27. The number of ether oxygens (including phenoxy) is 2. The first-order valence-corrected chi connectivity index (χ1v) is 11.8. The number of halogens is 1. The summed E-state index contributed by atoms with van der Waals surface area (Å²) in [4.78, 5) is 28.8. The molecule has 1 aliphatic carbocycles. The van der Waals surface area contributed by atoms with Gasteiger partial charge in [-0.2, -0.15) is 0 Å². The van der Waals surface area contributed by atoms with Gasteiger partial charge in [-0.05, 0) is 87.2 Å². The molecule has 3 aliphatic rings. The van der Waals surface area contributed by atoms with Gasteiger partial charge in [0.1, 0.15) is 24.4 Å². The Morgan fingerprint density at radius 3 is 2.39 bits per heavy atom. The number of nitrogens with zero attached hydrogens (tertiary/aromatic N) is 1. The summed E-state index contributed by atoms with van der Waals surface area (Å²) >= 11 is 0. The molecule has 0 bridgehead atoms. The monoisotopic (exact) mass is 452 g/mol. The van der Waals surface area contributed by atoms with Gasteiger partial charge in [-0.1, -0.05) is 6.07 Å². The van der Waals surface area contributed by atoms with Crippen molar-refractivity contribution in [2.45, 2.75) is 38.1 Å². The molecule has 2 aromatic carbocycles. The predicted octanol–water partition coefficient (Wildman–Crippen LogP) is 3.38. The molecule has 174 valence electrons. The number of carbonyl (C=O) groups is 2. The number of hydrogen-bond acceptors (Lipinski definition) is 5. The number of benzene rings is 2. The number of fused-ring (bicyclic) bond motifs is 1. The molecule has 2 heterocycles. The highest BCUT2D eigenvalue weighted by Crippen LogP contribution is 2.48. The third kappa shape index (κ3) is 4.74. The summed E-state index contributed by atoms with van der Waals surface area (Å²) in [5, 5.41) is 3.19. The lowest BCUT2D eigenvalue weighted by molar-refractivity contribution is -0.125. The molecule has 6 nitrogen and oxygen atoms in total. The third-order valence-corrected chi connectivity index (χ3v) is 6.83. The van der Waals surface area contributed by atoms with Crippen LogP contribution in [0.25, 0.3) is 0 Å². The summed E-state index contributed by atoms with van der Waals surface area (Å²) in [7, 11) is 0. The summed E-state index contributed by atoms with van der Waals surface area (Å²) in [5.74, 6) is 0.630. The summed E-state index contributed by atoms with van der Waals surface area (Å²) < 4.78 is 24.6. The topological polar surface area (TPSA) is 67.9 Å². The predicted molar refractivity (Wildman–Crippen MR) is 121 cm³/mol. The molecule has 1 unspecified atom stereocenters. The molecule has 0 radical (unpaired) electrons. The van der Waals surface area contributed by atoms with Crippen molar-refractivity contribution in [1.29, 1.82) is 0 Å². The molecule has 5 rings (SSSR count). The normalized spacial score (nSPS) is 19.7. The number of rotatable bonds is 8. The minimum atomic E-state index is -1.03. The smallest absolute Gasteiger partial charge is 0.234 e. The zero-order valence-corrected chi connectivity index (χ0v) is 18.6. The van der Waals surface area contributed by atoms with Gasteiger partial charge < -0.3 is 19.7 Å². The highest BCUT2D eigenvalue weighted by atomic mass is 19.1. The number of hydrogen-bond donors (Lipinski definition) is 1. The molecule has 1 amide bonds. The van der Waals surface area contributed by atoms with E-state index in [1.54, 1.807) is 0 Å². The fraction of sp³-hybridized carbons (Fsp3) is 0.462. The number of ketones is 1. The van der Waals surface area contributed by atoms with E-state index in [9.17, 15) is 14.0 Å². The second kappa shape index (κ2) is 9.14. The van der Waals surface area contributed by atoms with Crippen LogP contribution in [0.4, 0.5) is 4.39 Å². The van der Waals surface area contributed by atoms with Crippen LogP contribution in [0.5, 0.6) is 11.5 Å². The molecule has 1 atom stereocenters. The van der Waals surface area contributed by atoms with Crippen molar-refractivity contribution in [3.63, 3.8) is 0 Å². The average molecular weight is 453 g/mol. The van der Waals surface area contributed by atoms with Crippen LogP contribution in [0.2, 0.25) is 0 Å². The van der Waals surface area contributed by atoms with E-state index in [-0.39, 0.29) is 17.7 Å². The molecule has 7 heteroatoms. The van der Waals surface area contributed by atoms with E-state index < -0.39 is 11.2 Å². The Balaban J connectivity index is 1.31. The van der Waals surface area contributed by atoms with E-state index >= 15 is 0 Å². The Kier molecular flexibility index (Phi) is 6.06. The van der Waals surface area contributed by atoms with E-state index in [2.05, 4.69) is 10.2 Å². The van der Waals surface area contributed by atoms with Crippen LogP contribution in [-0.2, 0) is 11.2 Å². The Morgan fingerprint density at radius 2 is 1.70 bits per heavy atom. The zero-order chi connectivity index (χ0) is 22.8. The van der Waals surface area contributed by atoms with Crippen LogP contribution in [0.3, 0.4) is 0 Å². The van der Waals surface area contributed by atoms with E-state index in [4.69, 9.17) is 9.47 Å². The second-order valence-electron chi connectivity index (χ2n) is 9.28. The first kappa shape index (κ1) is 21.9. The quantitative estimate of drug-likeness (QED) is 0.491. The van der Waals surface area contributed by atoms with E-state index in [1.165, 1.54) is 24.3 Å². The molecule has 1 saturated heterocycles. The van der Waals surface area contributed by atoms with Crippen molar-refractivity contribution < 1.29 is 23.5 Å². The number of likely N-dealkylation sites (tertiary alicyclic amines) is 1. The standard InChI is InChI=1S/C26H29FN2O4/c27-20-6-4-19(5-7-20)24(30)26(9-10-26)25(31)28-21(17-29-11-1-2-12-29)15-18-3-8-22-23(16-18)33-14-13-32-22/h3-8,16,21H,1-2,9-15,17H2,(H,28,31). The summed E-state index contributed by atoms with van der Waals surface area (Å²) in [6, 6.07) is 11.2. The molecule has 1 saturated carbocycles. The minimum absolute atomic E-state index is 0.128. The van der Waals surface area contributed by atoms with Gasteiger partial charge in [-0.3, -0.25) is 9.59 Å². The SMILES string of the molecule is O=C(NC(Cc1ccc2c(c1)OCCO2)CN1CCCC1)C1(C(=O)c2ccc(F)cc2)CC1. The number of carbonyl (C=O) groups excluding carboxylic acids is 2. The molecule has 2 aromatic rings. The first-order chi connectivity index (χ1) is 16.0. The van der Waals surface area contributed by atoms with Gasteiger partial charge in [0.25, 0.3) is 0 Å². The fourth-order valence-electron chi connectivity index (χ4n) is 4.82. The highest BCUT2D eigenvalue weighted by molar-refractivity contribution is 6.16. The van der Waals surface area contributed by atoms with Gasteiger partial charge in [0, 0.05) is 18.2 Å². The average Bonchev–Trinajstić information content (AvgIpc) is 3.49. The van der Waals surface area contributed by atoms with Crippen LogP contribution in [0.15, 0.2) is 42.5 Å². The molecule has 2 fully saturated rings. The molecule has 0 spiro atoms. The van der Waals surface area contributed by atoms with Crippen molar-refractivity contribution in [3.05, 3.63) is 59.4 Å². The van der Waals surface area contributed by atoms with Crippen molar-refractivity contribution in [2.24, 2.45) is 5.41 Å². The largest absolute Gasteiger partial charge is 0.486 e. The lowest BCUT2D eigenvalue weighted by atomic mass is 9.93. The Morgan fingerprint density at radius 1 is 1.00 bits per heavy atom. The Hall–Kier alpha value is -2.93. The fourth-order valence-corrected chi connectivity index (χ4v) is 4.82. The molecule has 2 aliphatic heterocycles. The van der Waals surface area contributed by atoms with Crippen LogP contribution in [-0.4, -0.2) is 55.5 Å². The van der Waals surface area contributed by atoms with Gasteiger partial charge in [-0.25, -0.2) is 4.39 Å². The van der Waals surface area contributed by atoms with Crippen molar-refractivity contribution >= 4 is 11.7 Å². The highest BCUT2D eigenvalue weighted by Gasteiger charge is 2.56. The lowest BCUT2D eigenvalue weighted by Crippen LogP contribution is -2.48. The Labute approximate surface area is 193 Å². The van der Waals surface area contributed by atoms with Crippen LogP contribution < -0.4 is 14.8 Å². The first-order valence-electron chi connectivity index (χ1n) is 11.8. The number of Topliss-reactive ketones (excluding diaryl/α,β-unsaturated/α-hetero) is 1. The maximum absolute atomic E-state index is 13.3. The maximum Gasteiger partial charge on any atom is 0.234 e. The molecular formula is C26H29FN2O4. The van der Waals surface area contributed by atoms with Gasteiger partial charge in [-0.15, -0.1) is 0 Å². The third-order valence-electron chi connectivity index (χ3n) is 6.83. The van der Waals surface area contributed by atoms with Gasteiger partial charge in [0.15, 0.2) is 17.3 Å². The van der Waals surface area contributed by atoms with Gasteiger partial charge >= 0.3 is 0 Å². The van der Waals surface area contributed by atoms with Crippen LogP contribution >= 0.6 is 0 Å².